The molecule has 4 aliphatic carbocycles. The number of hydrogen-bond donors (Lipinski definition) is 1. The molecule has 1 aromatic carbocycles. The predicted octanol–water partition coefficient (Wildman–Crippen LogP) is 4.43. The molecule has 1 saturated heterocycles. The van der Waals surface area contributed by atoms with Crippen LogP contribution in [0.15, 0.2) is 35.3 Å². The number of piperidine rings is 1. The summed E-state index contributed by atoms with van der Waals surface area (Å²) in [6, 6.07) is 10.7. The van der Waals surface area contributed by atoms with E-state index in [1.165, 1.54) is 5.56 Å². The molecule has 4 bridgehead atoms. The third kappa shape index (κ3) is 2.56. The van der Waals surface area contributed by atoms with Gasteiger partial charge in [-0.2, -0.15) is 0 Å². The fourth-order valence-electron chi connectivity index (χ4n) is 7.36. The average molecular weight is 403 g/mol. The van der Waals surface area contributed by atoms with Crippen LogP contribution in [0.2, 0.25) is 0 Å². The summed E-state index contributed by atoms with van der Waals surface area (Å²) < 4.78 is 14.3. The normalized spacial score (nSPS) is 43.0. The van der Waals surface area contributed by atoms with Crippen molar-refractivity contribution in [3.63, 3.8) is 0 Å². The van der Waals surface area contributed by atoms with Crippen LogP contribution in [0.1, 0.15) is 50.5 Å². The number of nitrogens with one attached hydrogen (secondary N) is 1. The van der Waals surface area contributed by atoms with Gasteiger partial charge < -0.3 is 5.32 Å². The lowest BCUT2D eigenvalue weighted by Crippen LogP contribution is -2.43. The van der Waals surface area contributed by atoms with Crippen LogP contribution in [-0.2, 0) is 10.2 Å². The molecule has 5 heteroatoms. The Morgan fingerprint density at radius 2 is 2.04 bits per heavy atom. The first-order valence-corrected chi connectivity index (χ1v) is 11.1. The molecule has 1 heterocycles. The van der Waals surface area contributed by atoms with Crippen molar-refractivity contribution < 1.29 is 9.18 Å². The smallest absolute Gasteiger partial charge is 0.252 e. The number of benzene rings is 1. The Bertz CT molecular complexity index is 814. The maximum atomic E-state index is 14.3. The summed E-state index contributed by atoms with van der Waals surface area (Å²) in [6.07, 6.45) is 5.25. The Labute approximate surface area is 171 Å². The summed E-state index contributed by atoms with van der Waals surface area (Å²) in [5.74, 6) is 1.06. The van der Waals surface area contributed by atoms with Gasteiger partial charge >= 0.3 is 0 Å². The highest BCUT2D eigenvalue weighted by atomic mass is 35.5. The summed E-state index contributed by atoms with van der Waals surface area (Å²) in [5, 5.41) is 3.04. The van der Waals surface area contributed by atoms with E-state index in [0.717, 1.165) is 38.5 Å². The Hall–Kier alpha value is -1.26. The van der Waals surface area contributed by atoms with E-state index in [2.05, 4.69) is 40.6 Å². The van der Waals surface area contributed by atoms with Crippen LogP contribution in [0, 0.1) is 16.7 Å². The van der Waals surface area contributed by atoms with Gasteiger partial charge in [-0.05, 0) is 60.8 Å². The lowest BCUT2D eigenvalue weighted by Gasteiger charge is -2.41. The lowest BCUT2D eigenvalue weighted by molar-refractivity contribution is -0.132. The van der Waals surface area contributed by atoms with Gasteiger partial charge in [-0.25, -0.2) is 9.38 Å². The highest BCUT2D eigenvalue weighted by molar-refractivity contribution is 6.17. The minimum Gasteiger partial charge on any atom is -0.313 e. The molecule has 3 nitrogen and oxygen atoms in total. The number of hydrogen-bond acceptors (Lipinski definition) is 2. The molecule has 0 aromatic heterocycles. The number of alkyl halides is 2. The van der Waals surface area contributed by atoms with E-state index in [-0.39, 0.29) is 23.3 Å². The van der Waals surface area contributed by atoms with Gasteiger partial charge in [0, 0.05) is 25.4 Å². The van der Waals surface area contributed by atoms with Gasteiger partial charge in [-0.3, -0.25) is 4.79 Å². The first kappa shape index (κ1) is 18.7. The first-order valence-electron chi connectivity index (χ1n) is 10.6. The van der Waals surface area contributed by atoms with E-state index in [4.69, 9.17) is 11.6 Å². The Kier molecular flexibility index (Phi) is 4.44. The molecule has 0 spiro atoms. The number of rotatable bonds is 4. The number of halogens is 2. The van der Waals surface area contributed by atoms with Crippen LogP contribution in [0.5, 0.6) is 0 Å². The summed E-state index contributed by atoms with van der Waals surface area (Å²) in [7, 11) is 0. The standard InChI is InChI=1S/C23H28ClFN2O/c24-8-7-22-11-16-10-21(14-22,17-4-2-1-3-5-17)15-23(22,12-16)20(28)27-19-6-9-26-13-18(19)25/h1-5,16,18,26H,6-15H2/t16?,18-,21+,22+,23?/m0/s1. The molecule has 1 aliphatic heterocycles. The summed E-state index contributed by atoms with van der Waals surface area (Å²) in [5.41, 5.74) is 1.31. The van der Waals surface area contributed by atoms with E-state index in [9.17, 15) is 9.18 Å². The largest absolute Gasteiger partial charge is 0.313 e. The molecule has 1 N–H and O–H groups in total. The molecule has 5 fully saturated rings. The molecule has 28 heavy (non-hydrogen) atoms. The van der Waals surface area contributed by atoms with E-state index in [1.54, 1.807) is 0 Å². The van der Waals surface area contributed by atoms with Crippen LogP contribution < -0.4 is 5.32 Å². The molecule has 5 atom stereocenters. The maximum Gasteiger partial charge on any atom is 0.252 e. The van der Waals surface area contributed by atoms with Gasteiger partial charge in [0.15, 0.2) is 6.17 Å². The van der Waals surface area contributed by atoms with Gasteiger partial charge in [0.2, 0.25) is 0 Å². The fourth-order valence-corrected chi connectivity index (χ4v) is 7.72. The third-order valence-electron chi connectivity index (χ3n) is 8.18. The van der Waals surface area contributed by atoms with Crippen LogP contribution in [-0.4, -0.2) is 36.8 Å². The van der Waals surface area contributed by atoms with Crippen molar-refractivity contribution >= 4 is 23.2 Å². The van der Waals surface area contributed by atoms with E-state index in [0.29, 0.717) is 30.5 Å². The zero-order valence-electron chi connectivity index (χ0n) is 16.2. The Balaban J connectivity index is 1.56. The molecule has 5 aliphatic rings. The third-order valence-corrected chi connectivity index (χ3v) is 8.37. The molecule has 6 rings (SSSR count). The second-order valence-corrected chi connectivity index (χ2v) is 9.99. The summed E-state index contributed by atoms with van der Waals surface area (Å²) in [4.78, 5) is 18.1. The molecule has 2 unspecified atom stereocenters. The molecular formula is C23H28ClFN2O. The molecule has 1 aromatic rings. The summed E-state index contributed by atoms with van der Waals surface area (Å²) >= 11 is 6.26. The monoisotopic (exact) mass is 402 g/mol. The number of carbonyl (C=O) groups is 1. The van der Waals surface area contributed by atoms with Crippen molar-refractivity contribution in [1.82, 2.24) is 5.32 Å². The van der Waals surface area contributed by atoms with Gasteiger partial charge in [0.25, 0.3) is 5.91 Å². The van der Waals surface area contributed by atoms with Crippen molar-refractivity contribution in [2.24, 2.45) is 21.7 Å². The van der Waals surface area contributed by atoms with Gasteiger partial charge in [-0.1, -0.05) is 30.3 Å². The topological polar surface area (TPSA) is 41.5 Å². The van der Waals surface area contributed by atoms with Crippen molar-refractivity contribution in [3.8, 4) is 0 Å². The van der Waals surface area contributed by atoms with E-state index >= 15 is 0 Å². The fraction of sp³-hybridized carbons (Fsp3) is 0.652. The SMILES string of the molecule is O=C(N=C1CCNC[C@@H]1F)C12CC3C[C@](c4ccccc4)(C1)C[C@@]2(CCCl)C3. The van der Waals surface area contributed by atoms with Crippen LogP contribution in [0.3, 0.4) is 0 Å². The lowest BCUT2D eigenvalue weighted by atomic mass is 9.63. The van der Waals surface area contributed by atoms with Crippen LogP contribution >= 0.6 is 11.6 Å². The molecule has 0 radical (unpaired) electrons. The number of amides is 1. The number of carbonyl (C=O) groups excluding carboxylic acids is 1. The van der Waals surface area contributed by atoms with Gasteiger partial charge in [0.05, 0.1) is 11.1 Å². The Morgan fingerprint density at radius 3 is 2.79 bits per heavy atom. The van der Waals surface area contributed by atoms with Crippen molar-refractivity contribution in [3.05, 3.63) is 35.9 Å². The number of nitrogens with zero attached hydrogens (tertiary/aromatic N) is 1. The second-order valence-electron chi connectivity index (χ2n) is 9.61. The van der Waals surface area contributed by atoms with Crippen LogP contribution in [0.25, 0.3) is 0 Å². The van der Waals surface area contributed by atoms with Crippen molar-refractivity contribution in [2.75, 3.05) is 19.0 Å². The predicted molar refractivity (Wildman–Crippen MR) is 110 cm³/mol. The van der Waals surface area contributed by atoms with Gasteiger partial charge in [0.1, 0.15) is 0 Å². The molecular weight excluding hydrogens is 375 g/mol. The number of aliphatic imine (C=N–C) groups is 1. The van der Waals surface area contributed by atoms with E-state index in [1.807, 2.05) is 0 Å². The minimum atomic E-state index is -1.14. The minimum absolute atomic E-state index is 0.0492. The van der Waals surface area contributed by atoms with Gasteiger partial charge in [-0.15, -0.1) is 11.6 Å². The first-order chi connectivity index (χ1) is 13.5. The molecule has 1 amide bonds. The highest BCUT2D eigenvalue weighted by Crippen LogP contribution is 2.77. The highest BCUT2D eigenvalue weighted by Gasteiger charge is 2.74. The quantitative estimate of drug-likeness (QED) is 0.757. The average Bonchev–Trinajstić information content (AvgIpc) is 3.03. The zero-order valence-corrected chi connectivity index (χ0v) is 17.0. The van der Waals surface area contributed by atoms with Crippen molar-refractivity contribution in [1.29, 1.82) is 0 Å². The maximum absolute atomic E-state index is 14.3. The Morgan fingerprint density at radius 1 is 1.21 bits per heavy atom. The van der Waals surface area contributed by atoms with Crippen molar-refractivity contribution in [2.45, 2.75) is 56.5 Å². The molecule has 150 valence electrons. The summed E-state index contributed by atoms with van der Waals surface area (Å²) in [6.45, 7) is 0.964. The zero-order chi connectivity index (χ0) is 19.4. The van der Waals surface area contributed by atoms with Crippen LogP contribution in [0.4, 0.5) is 4.39 Å². The molecule has 4 saturated carbocycles. The second kappa shape index (κ2) is 6.63. The van der Waals surface area contributed by atoms with E-state index < -0.39 is 11.6 Å².